The molecule has 4 rings (SSSR count). The van der Waals surface area contributed by atoms with Crippen molar-refractivity contribution in [3.8, 4) is 11.5 Å². The van der Waals surface area contributed by atoms with Gasteiger partial charge in [-0.1, -0.05) is 18.2 Å². The van der Waals surface area contributed by atoms with Gasteiger partial charge in [0, 0.05) is 35.2 Å². The van der Waals surface area contributed by atoms with Gasteiger partial charge in [0.15, 0.2) is 11.5 Å². The Morgan fingerprint density at radius 1 is 1.00 bits per heavy atom. The number of hydrogen-bond donors (Lipinski definition) is 1. The minimum absolute atomic E-state index is 0.348. The quantitative estimate of drug-likeness (QED) is 0.701. The van der Waals surface area contributed by atoms with E-state index < -0.39 is 0 Å². The number of para-hydroxylation sites is 1. The lowest BCUT2D eigenvalue weighted by molar-refractivity contribution is 0.355. The lowest BCUT2D eigenvalue weighted by Crippen LogP contribution is -2.25. The van der Waals surface area contributed by atoms with Gasteiger partial charge in [0.25, 0.3) is 0 Å². The van der Waals surface area contributed by atoms with Gasteiger partial charge in [-0.3, -0.25) is 0 Å². The molecule has 0 bridgehead atoms. The van der Waals surface area contributed by atoms with E-state index in [4.69, 9.17) is 14.5 Å². The lowest BCUT2D eigenvalue weighted by Gasteiger charge is -2.24. The van der Waals surface area contributed by atoms with Gasteiger partial charge in [-0.05, 0) is 44.0 Å². The first-order valence-corrected chi connectivity index (χ1v) is 9.31. The molecule has 6 nitrogen and oxygen atoms in total. The average Bonchev–Trinajstić information content (AvgIpc) is 3.03. The molecule has 0 spiro atoms. The van der Waals surface area contributed by atoms with E-state index in [1.54, 1.807) is 14.2 Å². The predicted molar refractivity (Wildman–Crippen MR) is 111 cm³/mol. The maximum atomic E-state index is 5.38. The van der Waals surface area contributed by atoms with Gasteiger partial charge in [-0.15, -0.1) is 0 Å². The zero-order chi connectivity index (χ0) is 19.7. The second-order valence-electron chi connectivity index (χ2n) is 6.94. The molecule has 1 unspecified atom stereocenters. The summed E-state index contributed by atoms with van der Waals surface area (Å²) < 4.78 is 10.7. The van der Waals surface area contributed by atoms with Crippen molar-refractivity contribution in [1.82, 2.24) is 9.97 Å². The van der Waals surface area contributed by atoms with Crippen LogP contribution in [0.2, 0.25) is 0 Å². The van der Waals surface area contributed by atoms with Gasteiger partial charge in [0.05, 0.1) is 14.2 Å². The third-order valence-electron chi connectivity index (χ3n) is 4.93. The van der Waals surface area contributed by atoms with Crippen LogP contribution in [0.15, 0.2) is 48.5 Å². The van der Waals surface area contributed by atoms with Gasteiger partial charge in [-0.2, -0.15) is 4.98 Å². The maximum Gasteiger partial charge on any atom is 0.229 e. The van der Waals surface area contributed by atoms with Crippen LogP contribution in [-0.2, 0) is 6.42 Å². The fourth-order valence-electron chi connectivity index (χ4n) is 3.69. The molecule has 1 atom stereocenters. The lowest BCUT2D eigenvalue weighted by atomic mass is 10.1. The highest BCUT2D eigenvalue weighted by atomic mass is 16.5. The summed E-state index contributed by atoms with van der Waals surface area (Å²) in [6.07, 6.45) is 1.01. The molecular weight excluding hydrogens is 352 g/mol. The first kappa shape index (κ1) is 18.1. The van der Waals surface area contributed by atoms with Gasteiger partial charge in [0.2, 0.25) is 5.95 Å². The number of fused-ring (bicyclic) bond motifs is 1. The van der Waals surface area contributed by atoms with Crippen LogP contribution in [-0.4, -0.2) is 30.2 Å². The summed E-state index contributed by atoms with van der Waals surface area (Å²) in [6, 6.07) is 16.5. The van der Waals surface area contributed by atoms with Crippen LogP contribution in [0.4, 0.5) is 23.1 Å². The smallest absolute Gasteiger partial charge is 0.229 e. The topological polar surface area (TPSA) is 59.5 Å². The average molecular weight is 376 g/mol. The summed E-state index contributed by atoms with van der Waals surface area (Å²) in [4.78, 5) is 11.6. The van der Waals surface area contributed by atoms with Crippen molar-refractivity contribution in [1.29, 1.82) is 0 Å². The zero-order valence-electron chi connectivity index (χ0n) is 16.6. The number of hydrogen-bond acceptors (Lipinski definition) is 6. The molecule has 1 aliphatic rings. The summed E-state index contributed by atoms with van der Waals surface area (Å²) in [5, 5.41) is 3.29. The summed E-state index contributed by atoms with van der Waals surface area (Å²) in [6.45, 7) is 4.20. The van der Waals surface area contributed by atoms with Crippen molar-refractivity contribution in [3.05, 3.63) is 59.8 Å². The van der Waals surface area contributed by atoms with Crippen LogP contribution in [0.1, 0.15) is 18.2 Å². The molecule has 144 valence electrons. The molecule has 0 amide bonds. The van der Waals surface area contributed by atoms with Crippen LogP contribution in [0.25, 0.3) is 0 Å². The molecule has 1 aromatic heterocycles. The second-order valence-corrected chi connectivity index (χ2v) is 6.94. The molecule has 2 heterocycles. The number of ether oxygens (including phenoxy) is 2. The minimum atomic E-state index is 0.348. The number of anilines is 4. The third kappa shape index (κ3) is 3.33. The first-order valence-electron chi connectivity index (χ1n) is 9.31. The fourth-order valence-corrected chi connectivity index (χ4v) is 3.69. The van der Waals surface area contributed by atoms with Crippen LogP contribution in [0, 0.1) is 6.92 Å². The van der Waals surface area contributed by atoms with Gasteiger partial charge in [0.1, 0.15) is 5.82 Å². The van der Waals surface area contributed by atoms with Gasteiger partial charge < -0.3 is 19.7 Å². The molecule has 0 fully saturated rings. The number of aryl methyl sites for hydroxylation is 1. The summed E-state index contributed by atoms with van der Waals surface area (Å²) in [5.41, 5.74) is 4.31. The Bertz CT molecular complexity index is 1010. The molecule has 0 radical (unpaired) electrons. The molecule has 0 saturated carbocycles. The first-order chi connectivity index (χ1) is 13.6. The van der Waals surface area contributed by atoms with Gasteiger partial charge in [-0.25, -0.2) is 4.98 Å². The van der Waals surface area contributed by atoms with E-state index in [1.165, 1.54) is 11.3 Å². The van der Waals surface area contributed by atoms with Crippen molar-refractivity contribution < 1.29 is 9.47 Å². The molecule has 0 aliphatic carbocycles. The van der Waals surface area contributed by atoms with Crippen molar-refractivity contribution in [3.63, 3.8) is 0 Å². The molecule has 3 aromatic rings. The Balaban J connectivity index is 1.67. The summed E-state index contributed by atoms with van der Waals surface area (Å²) in [5.74, 6) is 2.79. The van der Waals surface area contributed by atoms with E-state index in [-0.39, 0.29) is 0 Å². The molecule has 0 saturated heterocycles. The number of methoxy groups -OCH3 is 2. The Labute approximate surface area is 165 Å². The standard InChI is InChI=1S/C22H24N4O2/c1-14-11-21(26-15(2)12-16-7-5-6-8-18(16)26)25-22(23-14)24-17-9-10-19(27-3)20(13-17)28-4/h5-11,13,15H,12H2,1-4H3,(H,23,24,25). The van der Waals surface area contributed by atoms with Crippen molar-refractivity contribution in [2.45, 2.75) is 26.3 Å². The SMILES string of the molecule is COc1ccc(Nc2nc(C)cc(N3c4ccccc4CC3C)n2)cc1OC. The summed E-state index contributed by atoms with van der Waals surface area (Å²) in [7, 11) is 3.24. The van der Waals surface area contributed by atoms with Crippen LogP contribution in [0.5, 0.6) is 11.5 Å². The van der Waals surface area contributed by atoms with E-state index in [2.05, 4.69) is 46.4 Å². The largest absolute Gasteiger partial charge is 0.493 e. The molecule has 28 heavy (non-hydrogen) atoms. The Hall–Kier alpha value is -3.28. The van der Waals surface area contributed by atoms with E-state index in [0.717, 1.165) is 23.6 Å². The molecule has 6 heteroatoms. The van der Waals surface area contributed by atoms with Crippen molar-refractivity contribution in [2.24, 2.45) is 0 Å². The number of aromatic nitrogens is 2. The third-order valence-corrected chi connectivity index (χ3v) is 4.93. The van der Waals surface area contributed by atoms with Crippen molar-refractivity contribution in [2.75, 3.05) is 24.4 Å². The Morgan fingerprint density at radius 2 is 1.79 bits per heavy atom. The van der Waals surface area contributed by atoms with Crippen LogP contribution >= 0.6 is 0 Å². The second kappa shape index (κ2) is 7.38. The predicted octanol–water partition coefficient (Wildman–Crippen LogP) is 4.63. The van der Waals surface area contributed by atoms with Crippen molar-refractivity contribution >= 4 is 23.1 Å². The van der Waals surface area contributed by atoms with E-state index in [0.29, 0.717) is 23.5 Å². The highest BCUT2D eigenvalue weighted by Gasteiger charge is 2.28. The van der Waals surface area contributed by atoms with E-state index in [1.807, 2.05) is 31.2 Å². The molecule has 1 aliphatic heterocycles. The number of nitrogens with zero attached hydrogens (tertiary/aromatic N) is 3. The fraction of sp³-hybridized carbons (Fsp3) is 0.273. The van der Waals surface area contributed by atoms with E-state index in [9.17, 15) is 0 Å². The number of nitrogens with one attached hydrogen (secondary N) is 1. The molecule has 1 N–H and O–H groups in total. The van der Waals surface area contributed by atoms with Crippen LogP contribution in [0.3, 0.4) is 0 Å². The maximum absolute atomic E-state index is 5.38. The summed E-state index contributed by atoms with van der Waals surface area (Å²) >= 11 is 0. The number of benzene rings is 2. The Kier molecular flexibility index (Phi) is 4.77. The van der Waals surface area contributed by atoms with E-state index >= 15 is 0 Å². The monoisotopic (exact) mass is 376 g/mol. The normalized spacial score (nSPS) is 15.3. The minimum Gasteiger partial charge on any atom is -0.493 e. The molecule has 2 aromatic carbocycles. The number of rotatable bonds is 5. The highest BCUT2D eigenvalue weighted by Crippen LogP contribution is 2.38. The van der Waals surface area contributed by atoms with Gasteiger partial charge >= 0.3 is 0 Å². The molecular formula is C22H24N4O2. The highest BCUT2D eigenvalue weighted by molar-refractivity contribution is 5.70. The van der Waals surface area contributed by atoms with Crippen LogP contribution < -0.4 is 19.7 Å². The Morgan fingerprint density at radius 3 is 2.57 bits per heavy atom. The zero-order valence-corrected chi connectivity index (χ0v) is 16.6.